The molecular weight excluding hydrogens is 865 g/mol. The standard InChI is InChI=1S/C18H20O2.2C12H14O2.2C8H10O.C2H4O/c1-3-17(16-12-8-5-9-13-16)18(19)20-14(2)15-10-6-4-7-11-15;2*1-3-11(12(13)14-4-2)10-8-6-5-7-9-10;2*1-7(9)8-5-3-2-4-6-8;1-2-3/h4-14,17H,3H2,1-2H3;2*4-9,11H,2-3H2,1H3;2*2-7,9H,1H3;2H,1H3/t14-,17-;11-;;7-;;/m10.0../s1. The van der Waals surface area contributed by atoms with Gasteiger partial charge in [-0.1, -0.05) is 216 Å². The van der Waals surface area contributed by atoms with E-state index in [1.54, 1.807) is 13.8 Å². The Morgan fingerprint density at radius 2 is 0.652 bits per heavy atom. The van der Waals surface area contributed by atoms with Crippen molar-refractivity contribution in [2.24, 2.45) is 0 Å². The summed E-state index contributed by atoms with van der Waals surface area (Å²) in [5, 5.41) is 18.0. The molecule has 0 aliphatic heterocycles. The van der Waals surface area contributed by atoms with Crippen LogP contribution in [0.25, 0.3) is 0 Å². The highest BCUT2D eigenvalue weighted by Crippen LogP contribution is 2.26. The fraction of sp³-hybridized carbons (Fsp3) is 0.267. The monoisotopic (exact) mass is 937 g/mol. The van der Waals surface area contributed by atoms with E-state index in [4.69, 9.17) is 29.2 Å². The van der Waals surface area contributed by atoms with Gasteiger partial charge in [-0.15, -0.1) is 0 Å². The van der Waals surface area contributed by atoms with E-state index >= 15 is 0 Å². The zero-order valence-electron chi connectivity index (χ0n) is 41.3. The lowest BCUT2D eigenvalue weighted by Crippen LogP contribution is -2.17. The van der Waals surface area contributed by atoms with Gasteiger partial charge in [0.2, 0.25) is 0 Å². The Balaban J connectivity index is 0.000000437. The average Bonchev–Trinajstić information content (AvgIpc) is 3.38. The maximum absolute atomic E-state index is 12.3. The second-order valence-corrected chi connectivity index (χ2v) is 15.2. The summed E-state index contributed by atoms with van der Waals surface area (Å²) in [5.41, 5.74) is 5.95. The topological polar surface area (TPSA) is 136 Å². The number of esters is 3. The van der Waals surface area contributed by atoms with Gasteiger partial charge in [-0.05, 0) is 80.3 Å². The first-order valence-electron chi connectivity index (χ1n) is 23.2. The van der Waals surface area contributed by atoms with Crippen molar-refractivity contribution < 1.29 is 43.6 Å². The van der Waals surface area contributed by atoms with Gasteiger partial charge in [0.05, 0.1) is 42.5 Å². The molecule has 0 bridgehead atoms. The van der Waals surface area contributed by atoms with E-state index in [1.807, 2.05) is 210 Å². The minimum atomic E-state index is -0.341. The Hall–Kier alpha value is -7.20. The molecule has 0 aromatic heterocycles. The molecule has 6 rings (SSSR count). The summed E-state index contributed by atoms with van der Waals surface area (Å²) in [6.45, 7) is 19.5. The van der Waals surface area contributed by atoms with Gasteiger partial charge in [0.1, 0.15) is 12.4 Å². The predicted octanol–water partition coefficient (Wildman–Crippen LogP) is 13.9. The van der Waals surface area contributed by atoms with Crippen LogP contribution < -0.4 is 0 Å². The van der Waals surface area contributed by atoms with Crippen LogP contribution in [0, 0.1) is 0 Å². The molecule has 0 radical (unpaired) electrons. The molecule has 6 aromatic carbocycles. The molecule has 0 amide bonds. The third-order valence-electron chi connectivity index (χ3n) is 10.2. The number of carbonyl (C=O) groups excluding carboxylic acids is 4. The van der Waals surface area contributed by atoms with Crippen LogP contribution in [-0.2, 0) is 33.4 Å². The van der Waals surface area contributed by atoms with Crippen LogP contribution in [0.1, 0.15) is 137 Å². The summed E-state index contributed by atoms with van der Waals surface area (Å²) >= 11 is 0. The van der Waals surface area contributed by atoms with E-state index in [1.165, 1.54) is 19.4 Å². The Kier molecular flexibility index (Phi) is 32.0. The Morgan fingerprint density at radius 3 is 0.855 bits per heavy atom. The lowest BCUT2D eigenvalue weighted by molar-refractivity contribution is -0.150. The van der Waals surface area contributed by atoms with Crippen molar-refractivity contribution in [2.75, 3.05) is 0 Å². The third kappa shape index (κ3) is 24.4. The van der Waals surface area contributed by atoms with Crippen molar-refractivity contribution in [3.63, 3.8) is 0 Å². The molecule has 2 unspecified atom stereocenters. The fourth-order valence-corrected chi connectivity index (χ4v) is 6.51. The molecule has 0 heterocycles. The highest BCUT2D eigenvalue weighted by Gasteiger charge is 2.23. The summed E-state index contributed by atoms with van der Waals surface area (Å²) < 4.78 is 15.2. The van der Waals surface area contributed by atoms with Crippen molar-refractivity contribution in [2.45, 2.75) is 104 Å². The third-order valence-corrected chi connectivity index (χ3v) is 10.2. The Morgan fingerprint density at radius 1 is 0.435 bits per heavy atom. The maximum atomic E-state index is 12.3. The van der Waals surface area contributed by atoms with Crippen LogP contribution in [0.4, 0.5) is 0 Å². The molecule has 0 fully saturated rings. The summed E-state index contributed by atoms with van der Waals surface area (Å²) in [5.74, 6) is -1.21. The Bertz CT molecular complexity index is 2140. The van der Waals surface area contributed by atoms with Crippen molar-refractivity contribution in [1.82, 2.24) is 0 Å². The lowest BCUT2D eigenvalue weighted by atomic mass is 9.96. The predicted molar refractivity (Wildman–Crippen MR) is 278 cm³/mol. The van der Waals surface area contributed by atoms with Crippen LogP contribution in [0.5, 0.6) is 0 Å². The molecule has 9 nitrogen and oxygen atoms in total. The number of aliphatic hydroxyl groups excluding tert-OH is 2. The van der Waals surface area contributed by atoms with Crippen LogP contribution in [0.3, 0.4) is 0 Å². The molecular formula is C60H72O9. The molecule has 0 saturated heterocycles. The molecule has 6 aromatic rings. The average molecular weight is 937 g/mol. The first-order chi connectivity index (χ1) is 33.3. The highest BCUT2D eigenvalue weighted by atomic mass is 16.5. The summed E-state index contributed by atoms with van der Waals surface area (Å²) in [7, 11) is 0. The zero-order valence-corrected chi connectivity index (χ0v) is 41.3. The second kappa shape index (κ2) is 36.9. The van der Waals surface area contributed by atoms with Crippen molar-refractivity contribution in [3.8, 4) is 0 Å². The van der Waals surface area contributed by atoms with Gasteiger partial charge in [-0.2, -0.15) is 0 Å². The van der Waals surface area contributed by atoms with Gasteiger partial charge in [0, 0.05) is 0 Å². The van der Waals surface area contributed by atoms with Gasteiger partial charge in [0.15, 0.2) is 0 Å². The molecule has 69 heavy (non-hydrogen) atoms. The van der Waals surface area contributed by atoms with Gasteiger partial charge in [-0.25, -0.2) is 0 Å². The van der Waals surface area contributed by atoms with Crippen LogP contribution in [-0.4, -0.2) is 34.4 Å². The van der Waals surface area contributed by atoms with Crippen molar-refractivity contribution in [1.29, 1.82) is 0 Å². The van der Waals surface area contributed by atoms with Crippen molar-refractivity contribution >= 4 is 24.2 Å². The molecule has 0 aliphatic rings. The number of benzene rings is 6. The van der Waals surface area contributed by atoms with Crippen LogP contribution in [0.15, 0.2) is 208 Å². The smallest absolute Gasteiger partial charge is 0.318 e. The van der Waals surface area contributed by atoms with Gasteiger partial charge in [0.25, 0.3) is 0 Å². The first-order valence-corrected chi connectivity index (χ1v) is 23.2. The SMILES string of the molecule is C=COC(=O)C(CC)c1ccccc1.C=COC(=O)[C@@H](CC)c1ccccc1.CC(O)c1ccccc1.CC=O.CC[C@@H](C(=O)O[C@H](C)c1ccccc1)c1ccccc1.C[C@H](O)c1ccccc1. The minimum Gasteiger partial charge on any atom is -0.457 e. The van der Waals surface area contributed by atoms with Gasteiger partial charge < -0.3 is 29.2 Å². The number of carbonyl (C=O) groups is 4. The maximum Gasteiger partial charge on any atom is 0.318 e. The molecule has 9 heteroatoms. The molecule has 366 valence electrons. The summed E-state index contributed by atoms with van der Waals surface area (Å²) in [6.07, 6.45) is 4.40. The molecule has 0 saturated carbocycles. The van der Waals surface area contributed by atoms with E-state index in [9.17, 15) is 14.4 Å². The van der Waals surface area contributed by atoms with E-state index in [-0.39, 0.29) is 54.0 Å². The van der Waals surface area contributed by atoms with Crippen LogP contribution in [0.2, 0.25) is 0 Å². The van der Waals surface area contributed by atoms with E-state index in [2.05, 4.69) is 13.2 Å². The fourth-order valence-electron chi connectivity index (χ4n) is 6.51. The number of ether oxygens (including phenoxy) is 3. The quantitative estimate of drug-likeness (QED) is 0.0446. The lowest BCUT2D eigenvalue weighted by Gasteiger charge is -2.19. The van der Waals surface area contributed by atoms with E-state index in [0.717, 1.165) is 58.9 Å². The number of rotatable bonds is 15. The minimum absolute atomic E-state index is 0.157. The molecule has 0 spiro atoms. The summed E-state index contributed by atoms with van der Waals surface area (Å²) in [4.78, 5) is 44.1. The highest BCUT2D eigenvalue weighted by molar-refractivity contribution is 5.79. The van der Waals surface area contributed by atoms with Crippen LogP contribution >= 0.6 is 0 Å². The summed E-state index contributed by atoms with van der Waals surface area (Å²) in [6, 6.07) is 58.0. The zero-order chi connectivity index (χ0) is 51.2. The molecule has 6 atom stereocenters. The van der Waals surface area contributed by atoms with E-state index in [0.29, 0.717) is 0 Å². The van der Waals surface area contributed by atoms with Gasteiger partial charge in [-0.3, -0.25) is 14.4 Å². The largest absolute Gasteiger partial charge is 0.457 e. The normalized spacial score (nSPS) is 12.3. The molecule has 0 aliphatic carbocycles. The Labute approximate surface area is 411 Å². The molecule has 2 N–H and O–H groups in total. The van der Waals surface area contributed by atoms with Gasteiger partial charge >= 0.3 is 17.9 Å². The number of aldehydes is 1. The first kappa shape index (κ1) is 59.8. The van der Waals surface area contributed by atoms with E-state index < -0.39 is 0 Å². The second-order valence-electron chi connectivity index (χ2n) is 15.2. The van der Waals surface area contributed by atoms with Crippen molar-refractivity contribution in [3.05, 3.63) is 241 Å². The number of hydrogen-bond acceptors (Lipinski definition) is 9. The number of hydrogen-bond donors (Lipinski definition) is 2. The number of aliphatic hydroxyl groups is 2.